The Morgan fingerprint density at radius 1 is 1.24 bits per heavy atom. The largest absolute Gasteiger partial charge is 0.359 e. The molecule has 1 N–H and O–H groups in total. The lowest BCUT2D eigenvalue weighted by molar-refractivity contribution is 0.179. The fraction of sp³-hybridized carbons (Fsp3) is 0.333. The van der Waals surface area contributed by atoms with Crippen LogP contribution in [0, 0.1) is 0 Å². The van der Waals surface area contributed by atoms with Crippen LogP contribution < -0.4 is 5.56 Å². The molecule has 0 saturated carbocycles. The molecule has 1 aliphatic rings. The predicted molar refractivity (Wildman–Crippen MR) is 91.8 cm³/mol. The average molecular weight is 337 g/mol. The molecule has 7 nitrogen and oxygen atoms in total. The van der Waals surface area contributed by atoms with Gasteiger partial charge < -0.3 is 9.51 Å². The molecule has 7 heteroatoms. The first-order valence-corrected chi connectivity index (χ1v) is 8.42. The lowest BCUT2D eigenvalue weighted by atomic mass is 9.94. The first kappa shape index (κ1) is 15.7. The number of aromatic amines is 1. The van der Waals surface area contributed by atoms with Gasteiger partial charge in [-0.2, -0.15) is 0 Å². The highest BCUT2D eigenvalue weighted by atomic mass is 16.5. The Labute approximate surface area is 144 Å². The van der Waals surface area contributed by atoms with E-state index in [0.717, 1.165) is 48.8 Å². The maximum Gasteiger partial charge on any atom is 0.250 e. The number of likely N-dealkylation sites (tertiary alicyclic amines) is 1. The molecule has 1 atom stereocenters. The number of hydrogen-bond donors (Lipinski definition) is 1. The van der Waals surface area contributed by atoms with Gasteiger partial charge in [-0.15, -0.1) is 0 Å². The zero-order chi connectivity index (χ0) is 17.1. The van der Waals surface area contributed by atoms with E-state index in [0.29, 0.717) is 6.54 Å². The third kappa shape index (κ3) is 3.66. The molecule has 128 valence electrons. The van der Waals surface area contributed by atoms with E-state index in [1.54, 1.807) is 12.3 Å². The molecule has 0 unspecified atom stereocenters. The predicted octanol–water partition coefficient (Wildman–Crippen LogP) is 2.20. The van der Waals surface area contributed by atoms with Gasteiger partial charge in [-0.3, -0.25) is 14.7 Å². The van der Waals surface area contributed by atoms with E-state index in [4.69, 9.17) is 4.52 Å². The van der Waals surface area contributed by atoms with Gasteiger partial charge in [0.05, 0.1) is 24.3 Å². The highest BCUT2D eigenvalue weighted by molar-refractivity contribution is 5.52. The van der Waals surface area contributed by atoms with E-state index in [1.165, 1.54) is 6.33 Å². The SMILES string of the molecule is O=c1cc([C@@H]2CCCN(Cc3cc(-c4ccccn4)no3)C2)nc[nH]1. The number of hydrogen-bond acceptors (Lipinski definition) is 6. The summed E-state index contributed by atoms with van der Waals surface area (Å²) in [6, 6.07) is 9.26. The van der Waals surface area contributed by atoms with Crippen LogP contribution in [0.3, 0.4) is 0 Å². The summed E-state index contributed by atoms with van der Waals surface area (Å²) < 4.78 is 5.48. The average Bonchev–Trinajstić information content (AvgIpc) is 3.11. The molecule has 0 spiro atoms. The van der Waals surface area contributed by atoms with E-state index >= 15 is 0 Å². The van der Waals surface area contributed by atoms with Gasteiger partial charge in [0.25, 0.3) is 5.56 Å². The van der Waals surface area contributed by atoms with Gasteiger partial charge in [0.15, 0.2) is 5.76 Å². The van der Waals surface area contributed by atoms with Crippen LogP contribution in [0.1, 0.15) is 30.2 Å². The Morgan fingerprint density at radius 2 is 2.20 bits per heavy atom. The van der Waals surface area contributed by atoms with Crippen molar-refractivity contribution in [2.45, 2.75) is 25.3 Å². The van der Waals surface area contributed by atoms with Gasteiger partial charge in [-0.1, -0.05) is 11.2 Å². The van der Waals surface area contributed by atoms with Crippen molar-refractivity contribution in [1.82, 2.24) is 25.0 Å². The van der Waals surface area contributed by atoms with Crippen LogP contribution in [-0.4, -0.2) is 38.1 Å². The summed E-state index contributed by atoms with van der Waals surface area (Å²) in [5.74, 6) is 1.09. The third-order valence-electron chi connectivity index (χ3n) is 4.49. The Kier molecular flexibility index (Phi) is 4.39. The second-order valence-electron chi connectivity index (χ2n) is 6.30. The first-order chi connectivity index (χ1) is 12.3. The summed E-state index contributed by atoms with van der Waals surface area (Å²) in [4.78, 5) is 25.0. The van der Waals surface area contributed by atoms with Crippen LogP contribution in [0.15, 0.2) is 52.2 Å². The second-order valence-corrected chi connectivity index (χ2v) is 6.30. The molecule has 3 aromatic heterocycles. The van der Waals surface area contributed by atoms with E-state index in [9.17, 15) is 4.79 Å². The van der Waals surface area contributed by atoms with Gasteiger partial charge >= 0.3 is 0 Å². The maximum absolute atomic E-state index is 11.5. The van der Waals surface area contributed by atoms with Crippen molar-refractivity contribution in [2.24, 2.45) is 0 Å². The number of nitrogens with zero attached hydrogens (tertiary/aromatic N) is 4. The molecule has 4 rings (SSSR count). The molecular weight excluding hydrogens is 318 g/mol. The van der Waals surface area contributed by atoms with E-state index in [-0.39, 0.29) is 11.5 Å². The van der Waals surface area contributed by atoms with Crippen molar-refractivity contribution in [3.05, 3.63) is 64.7 Å². The van der Waals surface area contributed by atoms with E-state index in [1.807, 2.05) is 24.3 Å². The van der Waals surface area contributed by atoms with Crippen molar-refractivity contribution >= 4 is 0 Å². The second kappa shape index (κ2) is 6.98. The summed E-state index contributed by atoms with van der Waals surface area (Å²) in [5, 5.41) is 4.12. The third-order valence-corrected chi connectivity index (χ3v) is 4.49. The Morgan fingerprint density at radius 3 is 3.04 bits per heavy atom. The molecule has 0 aliphatic carbocycles. The van der Waals surface area contributed by atoms with Crippen molar-refractivity contribution in [3.8, 4) is 11.4 Å². The number of H-pyrrole nitrogens is 1. The van der Waals surface area contributed by atoms with Crippen LogP contribution in [0.4, 0.5) is 0 Å². The molecule has 4 heterocycles. The fourth-order valence-electron chi connectivity index (χ4n) is 3.29. The van der Waals surface area contributed by atoms with Crippen LogP contribution in [0.5, 0.6) is 0 Å². The molecule has 0 radical (unpaired) electrons. The van der Waals surface area contributed by atoms with Crippen LogP contribution in [0.2, 0.25) is 0 Å². The molecule has 0 bridgehead atoms. The minimum atomic E-state index is -0.0997. The topological polar surface area (TPSA) is 87.9 Å². The van der Waals surface area contributed by atoms with Crippen molar-refractivity contribution in [3.63, 3.8) is 0 Å². The highest BCUT2D eigenvalue weighted by Crippen LogP contribution is 2.26. The summed E-state index contributed by atoms with van der Waals surface area (Å²) in [7, 11) is 0. The van der Waals surface area contributed by atoms with Crippen molar-refractivity contribution in [1.29, 1.82) is 0 Å². The fourth-order valence-corrected chi connectivity index (χ4v) is 3.29. The quantitative estimate of drug-likeness (QED) is 0.785. The maximum atomic E-state index is 11.5. The summed E-state index contributed by atoms with van der Waals surface area (Å²) in [6.45, 7) is 2.55. The smallest absolute Gasteiger partial charge is 0.250 e. The summed E-state index contributed by atoms with van der Waals surface area (Å²) in [5.41, 5.74) is 2.32. The van der Waals surface area contributed by atoms with Crippen molar-refractivity contribution < 1.29 is 4.52 Å². The molecule has 1 saturated heterocycles. The summed E-state index contributed by atoms with van der Waals surface area (Å²) in [6.07, 6.45) is 5.34. The van der Waals surface area contributed by atoms with Crippen LogP contribution >= 0.6 is 0 Å². The molecular formula is C18H19N5O2. The molecule has 0 aromatic carbocycles. The minimum absolute atomic E-state index is 0.0997. The zero-order valence-corrected chi connectivity index (χ0v) is 13.8. The lowest BCUT2D eigenvalue weighted by Crippen LogP contribution is -2.34. The highest BCUT2D eigenvalue weighted by Gasteiger charge is 2.23. The molecule has 0 amide bonds. The monoisotopic (exact) mass is 337 g/mol. The van der Waals surface area contributed by atoms with E-state index < -0.39 is 0 Å². The van der Waals surface area contributed by atoms with Gasteiger partial charge in [0.2, 0.25) is 0 Å². The number of rotatable bonds is 4. The summed E-state index contributed by atoms with van der Waals surface area (Å²) >= 11 is 0. The standard InChI is InChI=1S/C18H19N5O2/c24-18-9-16(20-12-21-18)13-4-3-7-23(10-13)11-14-8-17(22-25-14)15-5-1-2-6-19-15/h1-2,5-6,8-9,12-13H,3-4,7,10-11H2,(H,20,21,24)/t13-/m1/s1. The number of nitrogens with one attached hydrogen (secondary N) is 1. The number of piperidine rings is 1. The normalized spacial score (nSPS) is 18.3. The van der Waals surface area contributed by atoms with Crippen molar-refractivity contribution in [2.75, 3.05) is 13.1 Å². The Bertz CT molecular complexity index is 889. The molecule has 3 aromatic rings. The Balaban J connectivity index is 1.44. The molecule has 1 aliphatic heterocycles. The minimum Gasteiger partial charge on any atom is -0.359 e. The van der Waals surface area contributed by atoms with Crippen LogP contribution in [-0.2, 0) is 6.54 Å². The van der Waals surface area contributed by atoms with Gasteiger partial charge in [0, 0.05) is 30.8 Å². The molecule has 1 fully saturated rings. The van der Waals surface area contributed by atoms with Gasteiger partial charge in [-0.25, -0.2) is 4.98 Å². The van der Waals surface area contributed by atoms with E-state index in [2.05, 4.69) is 25.0 Å². The first-order valence-electron chi connectivity index (χ1n) is 8.42. The zero-order valence-electron chi connectivity index (χ0n) is 13.8. The number of pyridine rings is 1. The van der Waals surface area contributed by atoms with Gasteiger partial charge in [0.1, 0.15) is 5.69 Å². The lowest BCUT2D eigenvalue weighted by Gasteiger charge is -2.31. The molecule has 25 heavy (non-hydrogen) atoms. The van der Waals surface area contributed by atoms with Crippen LogP contribution in [0.25, 0.3) is 11.4 Å². The Hall–Kier alpha value is -2.80. The van der Waals surface area contributed by atoms with Gasteiger partial charge in [-0.05, 0) is 31.5 Å². The number of aromatic nitrogens is 4.